The van der Waals surface area contributed by atoms with Crippen LogP contribution in [0.4, 0.5) is 0 Å². The number of sulfone groups is 1. The Bertz CT molecular complexity index is 1200. The summed E-state index contributed by atoms with van der Waals surface area (Å²) in [5.41, 5.74) is 0.653. The highest BCUT2D eigenvalue weighted by atomic mass is 32.2. The number of aromatic amines is 1. The number of hydrogen-bond donors (Lipinski definition) is 1. The zero-order chi connectivity index (χ0) is 21.2. The molecule has 0 aliphatic rings. The van der Waals surface area contributed by atoms with Gasteiger partial charge in [0.15, 0.2) is 5.03 Å². The molecule has 3 heterocycles. The molecule has 0 aromatic carbocycles. The van der Waals surface area contributed by atoms with Crippen molar-refractivity contribution in [2.45, 2.75) is 31.0 Å². The van der Waals surface area contributed by atoms with Crippen LogP contribution in [0.15, 0.2) is 45.7 Å². The van der Waals surface area contributed by atoms with Crippen LogP contribution in [0.25, 0.3) is 11.3 Å². The zero-order valence-corrected chi connectivity index (χ0v) is 17.6. The fourth-order valence-corrected chi connectivity index (χ4v) is 5.12. The summed E-state index contributed by atoms with van der Waals surface area (Å²) in [6.07, 6.45) is 1.41. The molecular formula is C19H19N3O5S2. The SMILES string of the molecule is CCOC(=O)c1cc(-c2csc(C(C)S(=O)(=O)c3ccccn3)n2)c(=O)[nH]c1C. The first-order chi connectivity index (χ1) is 13.8. The molecule has 0 aliphatic carbocycles. The lowest BCUT2D eigenvalue weighted by molar-refractivity contribution is 0.0525. The predicted octanol–water partition coefficient (Wildman–Crippen LogP) is 2.91. The van der Waals surface area contributed by atoms with E-state index in [1.807, 2.05) is 0 Å². The summed E-state index contributed by atoms with van der Waals surface area (Å²) in [4.78, 5) is 35.4. The van der Waals surface area contributed by atoms with Crippen LogP contribution in [0.3, 0.4) is 0 Å². The first-order valence-electron chi connectivity index (χ1n) is 8.77. The maximum Gasteiger partial charge on any atom is 0.339 e. The molecule has 3 aromatic rings. The van der Waals surface area contributed by atoms with Gasteiger partial charge >= 0.3 is 5.97 Å². The Hall–Kier alpha value is -2.85. The third-order valence-corrected chi connectivity index (χ3v) is 7.43. The van der Waals surface area contributed by atoms with Crippen LogP contribution in [-0.4, -0.2) is 35.9 Å². The van der Waals surface area contributed by atoms with Gasteiger partial charge < -0.3 is 9.72 Å². The van der Waals surface area contributed by atoms with Gasteiger partial charge in [-0.05, 0) is 39.0 Å². The molecule has 0 bridgehead atoms. The number of nitrogens with one attached hydrogen (secondary N) is 1. The van der Waals surface area contributed by atoms with Gasteiger partial charge in [0.25, 0.3) is 5.56 Å². The van der Waals surface area contributed by atoms with Crippen LogP contribution in [0, 0.1) is 6.92 Å². The number of pyridine rings is 2. The molecule has 3 aromatic heterocycles. The van der Waals surface area contributed by atoms with E-state index in [0.29, 0.717) is 16.4 Å². The van der Waals surface area contributed by atoms with E-state index in [9.17, 15) is 18.0 Å². The third-order valence-electron chi connectivity index (χ3n) is 4.27. The number of rotatable bonds is 6. The molecule has 0 aliphatic heterocycles. The van der Waals surface area contributed by atoms with Crippen molar-refractivity contribution in [3.63, 3.8) is 0 Å². The number of nitrogens with zero attached hydrogens (tertiary/aromatic N) is 2. The molecule has 0 radical (unpaired) electrons. The lowest BCUT2D eigenvalue weighted by Crippen LogP contribution is -2.17. The molecule has 0 fully saturated rings. The molecule has 29 heavy (non-hydrogen) atoms. The van der Waals surface area contributed by atoms with Crippen molar-refractivity contribution in [1.29, 1.82) is 0 Å². The van der Waals surface area contributed by atoms with Gasteiger partial charge in [0.1, 0.15) is 10.3 Å². The van der Waals surface area contributed by atoms with Crippen LogP contribution in [0.2, 0.25) is 0 Å². The molecule has 1 N–H and O–H groups in total. The van der Waals surface area contributed by atoms with Gasteiger partial charge in [-0.15, -0.1) is 11.3 Å². The minimum atomic E-state index is -3.73. The Kier molecular flexibility index (Phi) is 5.94. The number of ether oxygens (including phenoxy) is 1. The quantitative estimate of drug-likeness (QED) is 0.594. The third kappa shape index (κ3) is 4.13. The minimum Gasteiger partial charge on any atom is -0.462 e. The lowest BCUT2D eigenvalue weighted by atomic mass is 10.1. The normalized spacial score (nSPS) is 12.5. The van der Waals surface area contributed by atoms with E-state index in [2.05, 4.69) is 15.0 Å². The van der Waals surface area contributed by atoms with Crippen LogP contribution >= 0.6 is 11.3 Å². The second kappa shape index (κ2) is 8.26. The second-order valence-corrected chi connectivity index (χ2v) is 9.30. The number of hydrogen-bond acceptors (Lipinski definition) is 8. The standard InChI is InChI=1S/C19H19N3O5S2/c1-4-27-19(24)13-9-14(17(23)21-11(13)2)15-10-28-18(22-15)12(3)29(25,26)16-7-5-6-8-20-16/h5-10,12H,4H2,1-3H3,(H,21,23). The van der Waals surface area contributed by atoms with E-state index in [1.165, 1.54) is 25.3 Å². The number of carbonyl (C=O) groups excluding carboxylic acids is 1. The summed E-state index contributed by atoms with van der Waals surface area (Å²) in [6, 6.07) is 6.08. The Morgan fingerprint density at radius 2 is 2.10 bits per heavy atom. The van der Waals surface area contributed by atoms with Gasteiger partial charge in [-0.2, -0.15) is 0 Å². The number of aromatic nitrogens is 3. The smallest absolute Gasteiger partial charge is 0.339 e. The Morgan fingerprint density at radius 3 is 2.76 bits per heavy atom. The summed E-state index contributed by atoms with van der Waals surface area (Å²) in [7, 11) is -3.73. The Morgan fingerprint density at radius 1 is 1.34 bits per heavy atom. The topological polar surface area (TPSA) is 119 Å². The molecule has 0 saturated heterocycles. The van der Waals surface area contributed by atoms with Gasteiger partial charge in [-0.3, -0.25) is 4.79 Å². The van der Waals surface area contributed by atoms with Crippen molar-refractivity contribution in [3.8, 4) is 11.3 Å². The molecule has 8 nitrogen and oxygen atoms in total. The van der Waals surface area contributed by atoms with E-state index in [0.717, 1.165) is 11.3 Å². The van der Waals surface area contributed by atoms with Gasteiger partial charge in [0.05, 0.1) is 23.4 Å². The van der Waals surface area contributed by atoms with Gasteiger partial charge in [-0.1, -0.05) is 6.07 Å². The largest absolute Gasteiger partial charge is 0.462 e. The fourth-order valence-electron chi connectivity index (χ4n) is 2.66. The second-order valence-electron chi connectivity index (χ2n) is 6.20. The molecule has 3 rings (SSSR count). The number of H-pyrrole nitrogens is 1. The van der Waals surface area contributed by atoms with E-state index < -0.39 is 26.6 Å². The summed E-state index contributed by atoms with van der Waals surface area (Å²) in [5.74, 6) is -0.552. The number of carbonyl (C=O) groups is 1. The van der Waals surface area contributed by atoms with Crippen LogP contribution in [-0.2, 0) is 14.6 Å². The van der Waals surface area contributed by atoms with Crippen LogP contribution < -0.4 is 5.56 Å². The predicted molar refractivity (Wildman–Crippen MR) is 109 cm³/mol. The van der Waals surface area contributed by atoms with E-state index in [1.54, 1.807) is 31.4 Å². The summed E-state index contributed by atoms with van der Waals surface area (Å²) >= 11 is 1.12. The van der Waals surface area contributed by atoms with Gasteiger partial charge in [0.2, 0.25) is 9.84 Å². The molecule has 152 valence electrons. The molecule has 0 amide bonds. The van der Waals surface area contributed by atoms with Crippen molar-refractivity contribution in [1.82, 2.24) is 15.0 Å². The summed E-state index contributed by atoms with van der Waals surface area (Å²) in [6.45, 7) is 5.02. The number of thiazole rings is 1. The van der Waals surface area contributed by atoms with E-state index in [-0.39, 0.29) is 22.8 Å². The Balaban J connectivity index is 1.99. The summed E-state index contributed by atoms with van der Waals surface area (Å²) in [5, 5.41) is 0.935. The minimum absolute atomic E-state index is 0.0398. The lowest BCUT2D eigenvalue weighted by Gasteiger charge is -2.09. The molecule has 10 heteroatoms. The fraction of sp³-hybridized carbons (Fsp3) is 0.263. The maximum absolute atomic E-state index is 12.8. The van der Waals surface area contributed by atoms with Crippen molar-refractivity contribution >= 4 is 27.1 Å². The monoisotopic (exact) mass is 433 g/mol. The molecule has 1 atom stereocenters. The van der Waals surface area contributed by atoms with E-state index >= 15 is 0 Å². The highest BCUT2D eigenvalue weighted by Gasteiger charge is 2.29. The van der Waals surface area contributed by atoms with Crippen LogP contribution in [0.1, 0.15) is 40.2 Å². The van der Waals surface area contributed by atoms with E-state index in [4.69, 9.17) is 4.74 Å². The molecule has 0 saturated carbocycles. The highest BCUT2D eigenvalue weighted by molar-refractivity contribution is 7.91. The molecule has 1 unspecified atom stereocenters. The van der Waals surface area contributed by atoms with Gasteiger partial charge in [0, 0.05) is 17.3 Å². The first kappa shape index (κ1) is 20.9. The van der Waals surface area contributed by atoms with Crippen molar-refractivity contribution in [3.05, 3.63) is 62.5 Å². The van der Waals surface area contributed by atoms with Crippen molar-refractivity contribution in [2.75, 3.05) is 6.61 Å². The maximum atomic E-state index is 12.8. The Labute approximate surface area is 171 Å². The average molecular weight is 434 g/mol. The number of aryl methyl sites for hydroxylation is 1. The first-order valence-corrected chi connectivity index (χ1v) is 11.2. The highest BCUT2D eigenvalue weighted by Crippen LogP contribution is 2.31. The average Bonchev–Trinajstić information content (AvgIpc) is 3.18. The van der Waals surface area contributed by atoms with Crippen molar-refractivity contribution < 1.29 is 17.9 Å². The number of esters is 1. The zero-order valence-electron chi connectivity index (χ0n) is 16.0. The molecular weight excluding hydrogens is 414 g/mol. The summed E-state index contributed by atoms with van der Waals surface area (Å²) < 4.78 is 30.6. The van der Waals surface area contributed by atoms with Crippen molar-refractivity contribution in [2.24, 2.45) is 0 Å². The van der Waals surface area contributed by atoms with Gasteiger partial charge in [-0.25, -0.2) is 23.2 Å². The molecule has 0 spiro atoms. The van der Waals surface area contributed by atoms with Crippen LogP contribution in [0.5, 0.6) is 0 Å².